The summed E-state index contributed by atoms with van der Waals surface area (Å²) in [6, 6.07) is 2.06. The molecule has 4 nitrogen and oxygen atoms in total. The number of halogens is 1. The van der Waals surface area contributed by atoms with Gasteiger partial charge in [0.05, 0.1) is 5.56 Å². The van der Waals surface area contributed by atoms with E-state index in [1.54, 1.807) is 0 Å². The lowest BCUT2D eigenvalue weighted by atomic mass is 9.92. The smallest absolute Gasteiger partial charge is 0.255 e. The molecule has 124 valence electrons. The van der Waals surface area contributed by atoms with Gasteiger partial charge in [0, 0.05) is 31.0 Å². The number of carbonyl (C=O) groups excluding carboxylic acids is 1. The molecule has 5 heteroatoms. The first kappa shape index (κ1) is 17.4. The van der Waals surface area contributed by atoms with Gasteiger partial charge in [-0.3, -0.25) is 4.79 Å². The Morgan fingerprint density at radius 3 is 2.32 bits per heavy atom. The van der Waals surface area contributed by atoms with Crippen LogP contribution in [0.15, 0.2) is 6.07 Å². The van der Waals surface area contributed by atoms with Gasteiger partial charge in [0.15, 0.2) is 0 Å². The molecule has 1 aromatic heterocycles. The highest BCUT2D eigenvalue weighted by Crippen LogP contribution is 2.28. The predicted octanol–water partition coefficient (Wildman–Crippen LogP) is 2.62. The van der Waals surface area contributed by atoms with Crippen molar-refractivity contribution in [2.75, 3.05) is 26.2 Å². The summed E-state index contributed by atoms with van der Waals surface area (Å²) in [6.07, 6.45) is 2.30. The fraction of sp³-hybridized carbons (Fsp3) is 0.706. The van der Waals surface area contributed by atoms with Gasteiger partial charge in [-0.05, 0) is 64.6 Å². The van der Waals surface area contributed by atoms with Crippen LogP contribution in [0.1, 0.15) is 41.5 Å². The predicted molar refractivity (Wildman–Crippen MR) is 91.8 cm³/mol. The van der Waals surface area contributed by atoms with E-state index in [1.807, 2.05) is 0 Å². The summed E-state index contributed by atoms with van der Waals surface area (Å²) in [7, 11) is 0. The van der Waals surface area contributed by atoms with Crippen LogP contribution in [-0.2, 0) is 6.54 Å². The first-order valence-corrected chi connectivity index (χ1v) is 8.28. The van der Waals surface area contributed by atoms with Gasteiger partial charge in [-0.15, -0.1) is 12.4 Å². The largest absolute Gasteiger partial charge is 0.349 e. The maximum absolute atomic E-state index is 12.9. The minimum absolute atomic E-state index is 0. The molecule has 3 rings (SSSR count). The summed E-state index contributed by atoms with van der Waals surface area (Å²) >= 11 is 0. The molecule has 1 amide bonds. The summed E-state index contributed by atoms with van der Waals surface area (Å²) in [4.78, 5) is 15.0. The van der Waals surface area contributed by atoms with Crippen molar-refractivity contribution in [2.45, 2.75) is 40.2 Å². The lowest BCUT2D eigenvalue weighted by Crippen LogP contribution is -2.33. The van der Waals surface area contributed by atoms with E-state index in [-0.39, 0.29) is 18.3 Å². The first-order chi connectivity index (χ1) is 10.1. The van der Waals surface area contributed by atoms with E-state index < -0.39 is 0 Å². The van der Waals surface area contributed by atoms with Crippen molar-refractivity contribution in [3.05, 3.63) is 23.0 Å². The Kier molecular flexibility index (Phi) is 5.56. The lowest BCUT2D eigenvalue weighted by molar-refractivity contribution is 0.0757. The van der Waals surface area contributed by atoms with Gasteiger partial charge in [-0.2, -0.15) is 0 Å². The molecule has 0 aliphatic carbocycles. The van der Waals surface area contributed by atoms with Crippen LogP contribution in [0.2, 0.25) is 0 Å². The molecule has 2 saturated heterocycles. The number of nitrogens with one attached hydrogen (secondary N) is 1. The van der Waals surface area contributed by atoms with Crippen molar-refractivity contribution in [3.63, 3.8) is 0 Å². The zero-order valence-electron chi connectivity index (χ0n) is 13.9. The van der Waals surface area contributed by atoms with Crippen LogP contribution in [0.25, 0.3) is 0 Å². The molecular formula is C17H28ClN3O. The lowest BCUT2D eigenvalue weighted by Gasteiger charge is -2.21. The third-order valence-corrected chi connectivity index (χ3v) is 5.43. The second-order valence-electron chi connectivity index (χ2n) is 6.58. The number of aryl methyl sites for hydroxylation is 1. The van der Waals surface area contributed by atoms with E-state index in [1.165, 1.54) is 5.69 Å². The Hall–Kier alpha value is -1.00. The molecule has 1 aromatic rings. The van der Waals surface area contributed by atoms with Gasteiger partial charge in [0.1, 0.15) is 0 Å². The molecule has 2 atom stereocenters. The van der Waals surface area contributed by atoms with Crippen molar-refractivity contribution in [2.24, 2.45) is 11.8 Å². The van der Waals surface area contributed by atoms with E-state index in [2.05, 4.69) is 41.6 Å². The number of nitrogens with zero attached hydrogens (tertiary/aromatic N) is 2. The zero-order chi connectivity index (χ0) is 15.0. The zero-order valence-corrected chi connectivity index (χ0v) is 14.7. The van der Waals surface area contributed by atoms with Gasteiger partial charge in [-0.1, -0.05) is 0 Å². The van der Waals surface area contributed by atoms with Gasteiger partial charge in [0.25, 0.3) is 5.91 Å². The molecule has 0 spiro atoms. The minimum atomic E-state index is 0. The third kappa shape index (κ3) is 3.04. The summed E-state index contributed by atoms with van der Waals surface area (Å²) in [5.41, 5.74) is 3.21. The van der Waals surface area contributed by atoms with Crippen molar-refractivity contribution >= 4 is 18.3 Å². The number of fused-ring (bicyclic) bond motifs is 1. The van der Waals surface area contributed by atoms with Crippen LogP contribution in [0.4, 0.5) is 0 Å². The van der Waals surface area contributed by atoms with Crippen LogP contribution in [0.5, 0.6) is 0 Å². The van der Waals surface area contributed by atoms with E-state index in [9.17, 15) is 4.79 Å². The fourth-order valence-electron chi connectivity index (χ4n) is 4.10. The maximum atomic E-state index is 12.9. The highest BCUT2D eigenvalue weighted by Gasteiger charge is 2.32. The van der Waals surface area contributed by atoms with Crippen LogP contribution >= 0.6 is 12.4 Å². The summed E-state index contributed by atoms with van der Waals surface area (Å²) < 4.78 is 2.23. The minimum Gasteiger partial charge on any atom is -0.349 e. The first-order valence-electron chi connectivity index (χ1n) is 8.28. The van der Waals surface area contributed by atoms with E-state index in [4.69, 9.17) is 0 Å². The number of likely N-dealkylation sites (tertiary alicyclic amines) is 1. The number of hydrogen-bond donors (Lipinski definition) is 1. The Bertz CT molecular complexity index is 526. The van der Waals surface area contributed by atoms with Gasteiger partial charge in [-0.25, -0.2) is 0 Å². The van der Waals surface area contributed by atoms with Crippen LogP contribution < -0.4 is 5.32 Å². The normalized spacial score (nSPS) is 24.6. The summed E-state index contributed by atoms with van der Waals surface area (Å²) in [5.74, 6) is 1.77. The van der Waals surface area contributed by atoms with E-state index in [0.717, 1.165) is 68.7 Å². The van der Waals surface area contributed by atoms with Crippen LogP contribution in [0.3, 0.4) is 0 Å². The monoisotopic (exact) mass is 325 g/mol. The molecule has 2 fully saturated rings. The second-order valence-corrected chi connectivity index (χ2v) is 6.58. The second kappa shape index (κ2) is 7.05. The van der Waals surface area contributed by atoms with Gasteiger partial charge < -0.3 is 14.8 Å². The van der Waals surface area contributed by atoms with Crippen LogP contribution in [-0.4, -0.2) is 41.6 Å². The van der Waals surface area contributed by atoms with E-state index >= 15 is 0 Å². The average Bonchev–Trinajstić information content (AvgIpc) is 2.97. The highest BCUT2D eigenvalue weighted by molar-refractivity contribution is 5.95. The standard InChI is InChI=1S/C17H27N3O.ClH/c1-4-20-12(2)9-16(13(20)3)17(21)19-7-5-14-10-18-11-15(14)6-8-19;/h9,14-15,18H,4-8,10-11H2,1-3H3;1H/t14-,15+;. The Labute approximate surface area is 139 Å². The Balaban J connectivity index is 0.00000176. The molecule has 0 bridgehead atoms. The molecule has 22 heavy (non-hydrogen) atoms. The van der Waals surface area contributed by atoms with Crippen molar-refractivity contribution in [1.82, 2.24) is 14.8 Å². The molecule has 0 aromatic carbocycles. The maximum Gasteiger partial charge on any atom is 0.255 e. The number of rotatable bonds is 2. The topological polar surface area (TPSA) is 37.3 Å². The molecule has 0 unspecified atom stereocenters. The summed E-state index contributed by atoms with van der Waals surface area (Å²) in [5, 5.41) is 3.49. The molecule has 0 saturated carbocycles. The summed E-state index contributed by atoms with van der Waals surface area (Å²) in [6.45, 7) is 11.3. The third-order valence-electron chi connectivity index (χ3n) is 5.43. The Morgan fingerprint density at radius 2 is 1.82 bits per heavy atom. The fourth-order valence-corrected chi connectivity index (χ4v) is 4.10. The molecule has 3 heterocycles. The van der Waals surface area contributed by atoms with Gasteiger partial charge >= 0.3 is 0 Å². The quantitative estimate of drug-likeness (QED) is 0.907. The number of amides is 1. The molecule has 2 aliphatic heterocycles. The number of aromatic nitrogens is 1. The van der Waals surface area contributed by atoms with Gasteiger partial charge in [0.2, 0.25) is 0 Å². The SMILES string of the molecule is CCn1c(C)cc(C(=O)N2CC[C@@H]3CNC[C@@H]3CC2)c1C.Cl. The highest BCUT2D eigenvalue weighted by atomic mass is 35.5. The molecule has 1 N–H and O–H groups in total. The molecular weight excluding hydrogens is 298 g/mol. The number of hydrogen-bond acceptors (Lipinski definition) is 2. The van der Waals surface area contributed by atoms with Crippen molar-refractivity contribution < 1.29 is 4.79 Å². The van der Waals surface area contributed by atoms with E-state index in [0.29, 0.717) is 0 Å². The van der Waals surface area contributed by atoms with Crippen molar-refractivity contribution in [3.8, 4) is 0 Å². The Morgan fingerprint density at radius 1 is 1.23 bits per heavy atom. The molecule has 2 aliphatic rings. The average molecular weight is 326 g/mol. The van der Waals surface area contributed by atoms with Crippen LogP contribution in [0, 0.1) is 25.7 Å². The van der Waals surface area contributed by atoms with Crippen molar-refractivity contribution in [1.29, 1.82) is 0 Å². The molecule has 0 radical (unpaired) electrons. The number of carbonyl (C=O) groups is 1.